The monoisotopic (exact) mass is 311 g/mol. The molecule has 4 nitrogen and oxygen atoms in total. The quantitative estimate of drug-likeness (QED) is 0.922. The molecule has 2 aromatic rings. The molecule has 0 fully saturated rings. The summed E-state index contributed by atoms with van der Waals surface area (Å²) in [7, 11) is 5.11. The lowest BCUT2D eigenvalue weighted by Crippen LogP contribution is -2.21. The fourth-order valence-corrected chi connectivity index (χ4v) is 2.74. The minimum Gasteiger partial charge on any atom is -0.496 e. The van der Waals surface area contributed by atoms with Gasteiger partial charge in [-0.15, -0.1) is 0 Å². The van der Waals surface area contributed by atoms with E-state index in [1.165, 1.54) is 13.2 Å². The second-order valence-electron chi connectivity index (χ2n) is 4.88. The lowest BCUT2D eigenvalue weighted by atomic mass is 9.98. The van der Waals surface area contributed by atoms with E-state index in [9.17, 15) is 4.39 Å². The van der Waals surface area contributed by atoms with Gasteiger partial charge < -0.3 is 10.1 Å². The summed E-state index contributed by atoms with van der Waals surface area (Å²) in [6.07, 6.45) is 0.534. The Hall–Kier alpha value is -1.59. The Bertz CT molecular complexity index is 642. The summed E-state index contributed by atoms with van der Waals surface area (Å²) in [5.41, 5.74) is 2.25. The SMILES string of the molecule is CNC(Cc1c(C)nn(C)c1Cl)c1c(F)cccc1OC. The number of ether oxygens (including phenoxy) is 1. The zero-order valence-corrected chi connectivity index (χ0v) is 13.3. The van der Waals surface area contributed by atoms with Crippen molar-refractivity contribution in [3.63, 3.8) is 0 Å². The Kier molecular flexibility index (Phi) is 4.85. The molecule has 21 heavy (non-hydrogen) atoms. The highest BCUT2D eigenvalue weighted by Gasteiger charge is 2.23. The first-order valence-corrected chi connectivity index (χ1v) is 7.05. The molecule has 0 spiro atoms. The van der Waals surface area contributed by atoms with E-state index in [1.807, 2.05) is 6.92 Å². The molecule has 0 amide bonds. The molecule has 0 aliphatic rings. The maximum absolute atomic E-state index is 14.2. The Morgan fingerprint density at radius 1 is 1.48 bits per heavy atom. The van der Waals surface area contributed by atoms with E-state index in [1.54, 1.807) is 30.9 Å². The summed E-state index contributed by atoms with van der Waals surface area (Å²) in [4.78, 5) is 0. The second-order valence-corrected chi connectivity index (χ2v) is 5.24. The number of aryl methyl sites for hydroxylation is 2. The van der Waals surface area contributed by atoms with Crippen LogP contribution in [-0.2, 0) is 13.5 Å². The smallest absolute Gasteiger partial charge is 0.131 e. The highest BCUT2D eigenvalue weighted by molar-refractivity contribution is 6.30. The molecule has 1 atom stereocenters. The molecule has 1 aromatic heterocycles. The van der Waals surface area contributed by atoms with E-state index in [0.717, 1.165) is 11.3 Å². The highest BCUT2D eigenvalue weighted by Crippen LogP contribution is 2.32. The number of rotatable bonds is 5. The van der Waals surface area contributed by atoms with Crippen molar-refractivity contribution in [2.24, 2.45) is 7.05 Å². The van der Waals surface area contributed by atoms with Gasteiger partial charge in [0.05, 0.1) is 12.8 Å². The topological polar surface area (TPSA) is 39.1 Å². The van der Waals surface area contributed by atoms with Crippen LogP contribution in [0.4, 0.5) is 4.39 Å². The van der Waals surface area contributed by atoms with Crippen LogP contribution in [0.1, 0.15) is 22.9 Å². The number of nitrogens with zero attached hydrogens (tertiary/aromatic N) is 2. The van der Waals surface area contributed by atoms with E-state index >= 15 is 0 Å². The third-order valence-electron chi connectivity index (χ3n) is 3.61. The van der Waals surface area contributed by atoms with Crippen LogP contribution >= 0.6 is 11.6 Å². The van der Waals surface area contributed by atoms with Crippen LogP contribution in [0.2, 0.25) is 5.15 Å². The maximum Gasteiger partial charge on any atom is 0.131 e. The largest absolute Gasteiger partial charge is 0.496 e. The lowest BCUT2D eigenvalue weighted by Gasteiger charge is -2.20. The third kappa shape index (κ3) is 3.04. The lowest BCUT2D eigenvalue weighted by molar-refractivity contribution is 0.393. The molecule has 0 saturated heterocycles. The van der Waals surface area contributed by atoms with Gasteiger partial charge in [0.2, 0.25) is 0 Å². The summed E-state index contributed by atoms with van der Waals surface area (Å²) in [6.45, 7) is 1.90. The number of hydrogen-bond acceptors (Lipinski definition) is 3. The van der Waals surface area contributed by atoms with E-state index in [2.05, 4.69) is 10.4 Å². The molecule has 1 heterocycles. The van der Waals surface area contributed by atoms with Crippen LogP contribution in [0.5, 0.6) is 5.75 Å². The summed E-state index contributed by atoms with van der Waals surface area (Å²) >= 11 is 6.26. The zero-order chi connectivity index (χ0) is 15.6. The van der Waals surface area contributed by atoms with Crippen molar-refractivity contribution < 1.29 is 9.13 Å². The molecule has 6 heteroatoms. The van der Waals surface area contributed by atoms with Gasteiger partial charge in [-0.2, -0.15) is 5.10 Å². The van der Waals surface area contributed by atoms with E-state index in [0.29, 0.717) is 22.9 Å². The maximum atomic E-state index is 14.2. The van der Waals surface area contributed by atoms with E-state index in [4.69, 9.17) is 16.3 Å². The number of methoxy groups -OCH3 is 1. The highest BCUT2D eigenvalue weighted by atomic mass is 35.5. The van der Waals surface area contributed by atoms with Crippen molar-refractivity contribution in [3.05, 3.63) is 46.0 Å². The number of nitrogens with one attached hydrogen (secondary N) is 1. The normalized spacial score (nSPS) is 12.5. The van der Waals surface area contributed by atoms with Crippen molar-refractivity contribution in [3.8, 4) is 5.75 Å². The molecule has 114 valence electrons. The van der Waals surface area contributed by atoms with Gasteiger partial charge >= 0.3 is 0 Å². The van der Waals surface area contributed by atoms with Crippen molar-refractivity contribution in [1.82, 2.24) is 15.1 Å². The number of hydrogen-bond donors (Lipinski definition) is 1. The van der Waals surface area contributed by atoms with Gasteiger partial charge in [0.1, 0.15) is 16.7 Å². The fourth-order valence-electron chi connectivity index (χ4n) is 2.49. The van der Waals surface area contributed by atoms with Crippen molar-refractivity contribution in [1.29, 1.82) is 0 Å². The predicted octanol–water partition coefficient (Wildman–Crippen LogP) is 3.03. The minimum absolute atomic E-state index is 0.249. The third-order valence-corrected chi connectivity index (χ3v) is 4.08. The molecular formula is C15H19ClFN3O. The molecule has 0 saturated carbocycles. The minimum atomic E-state index is -0.300. The van der Waals surface area contributed by atoms with E-state index < -0.39 is 0 Å². The molecule has 0 radical (unpaired) electrons. The number of aromatic nitrogens is 2. The van der Waals surface area contributed by atoms with Crippen molar-refractivity contribution in [2.75, 3.05) is 14.2 Å². The van der Waals surface area contributed by atoms with Crippen LogP contribution in [0.3, 0.4) is 0 Å². The van der Waals surface area contributed by atoms with Gasteiger partial charge in [-0.3, -0.25) is 4.68 Å². The standard InChI is InChI=1S/C15H19ClFN3O/c1-9-10(15(16)20(3)19-9)8-12(18-2)14-11(17)6-5-7-13(14)21-4/h5-7,12,18H,8H2,1-4H3. The molecule has 0 aliphatic heterocycles. The van der Waals surface area contributed by atoms with Crippen LogP contribution in [0.25, 0.3) is 0 Å². The van der Waals surface area contributed by atoms with Gasteiger partial charge in [-0.25, -0.2) is 4.39 Å². The van der Waals surface area contributed by atoms with Gasteiger partial charge in [0.15, 0.2) is 0 Å². The first-order valence-electron chi connectivity index (χ1n) is 6.67. The Labute approximate surface area is 128 Å². The molecule has 1 aromatic carbocycles. The zero-order valence-electron chi connectivity index (χ0n) is 12.6. The fraction of sp³-hybridized carbons (Fsp3) is 0.400. The predicted molar refractivity (Wildman–Crippen MR) is 81.4 cm³/mol. The van der Waals surface area contributed by atoms with Crippen LogP contribution < -0.4 is 10.1 Å². The Morgan fingerprint density at radius 3 is 2.71 bits per heavy atom. The van der Waals surface area contributed by atoms with Crippen LogP contribution in [-0.4, -0.2) is 23.9 Å². The summed E-state index contributed by atoms with van der Waals surface area (Å²) < 4.78 is 21.1. The first kappa shape index (κ1) is 15.8. The number of likely N-dealkylation sites (N-methyl/N-ethyl adjacent to an activating group) is 1. The molecule has 0 bridgehead atoms. The molecule has 2 rings (SSSR count). The van der Waals surface area contributed by atoms with Gasteiger partial charge in [-0.05, 0) is 32.5 Å². The van der Waals surface area contributed by atoms with Crippen molar-refractivity contribution in [2.45, 2.75) is 19.4 Å². The average Bonchev–Trinajstić information content (AvgIpc) is 2.70. The van der Waals surface area contributed by atoms with Crippen LogP contribution in [0.15, 0.2) is 18.2 Å². The molecule has 1 N–H and O–H groups in total. The van der Waals surface area contributed by atoms with Gasteiger partial charge in [0.25, 0.3) is 0 Å². The van der Waals surface area contributed by atoms with Gasteiger partial charge in [0, 0.05) is 24.2 Å². The first-order chi connectivity index (χ1) is 9.99. The molecular weight excluding hydrogens is 293 g/mol. The Morgan fingerprint density at radius 2 is 2.19 bits per heavy atom. The van der Waals surface area contributed by atoms with E-state index in [-0.39, 0.29) is 11.9 Å². The summed E-state index contributed by atoms with van der Waals surface area (Å²) in [6, 6.07) is 4.56. The summed E-state index contributed by atoms with van der Waals surface area (Å²) in [5, 5.41) is 7.99. The molecule has 1 unspecified atom stereocenters. The van der Waals surface area contributed by atoms with Gasteiger partial charge in [-0.1, -0.05) is 17.7 Å². The molecule has 0 aliphatic carbocycles. The Balaban J connectivity index is 2.41. The summed E-state index contributed by atoms with van der Waals surface area (Å²) in [5.74, 6) is 0.221. The van der Waals surface area contributed by atoms with Crippen molar-refractivity contribution >= 4 is 11.6 Å². The number of benzene rings is 1. The average molecular weight is 312 g/mol. The van der Waals surface area contributed by atoms with Crippen LogP contribution in [0, 0.1) is 12.7 Å². The second kappa shape index (κ2) is 6.45. The number of halogens is 2.